The van der Waals surface area contributed by atoms with Crippen molar-refractivity contribution in [1.82, 2.24) is 0 Å². The second-order valence-electron chi connectivity index (χ2n) is 5.17. The smallest absolute Gasteiger partial charge is 0.395 e. The number of aliphatic hydroxyl groups is 1. The van der Waals surface area contributed by atoms with Crippen molar-refractivity contribution in [3.05, 3.63) is 63.7 Å². The molecule has 3 N–H and O–H groups in total. The maximum atomic E-state index is 12.8. The molecular weight excluding hydrogens is 355 g/mol. The molecule has 0 bridgehead atoms. The van der Waals surface area contributed by atoms with Crippen LogP contribution in [0.25, 0.3) is 0 Å². The Kier molecular flexibility index (Phi) is 5.78. The highest BCUT2D eigenvalue weighted by molar-refractivity contribution is 6.08. The minimum Gasteiger partial charge on any atom is -0.395 e. The van der Waals surface area contributed by atoms with Gasteiger partial charge in [-0.1, -0.05) is 6.07 Å². The van der Waals surface area contributed by atoms with Crippen LogP contribution in [0.2, 0.25) is 0 Å². The zero-order chi connectivity index (χ0) is 19.3. The Morgan fingerprint density at radius 1 is 1.19 bits per heavy atom. The van der Waals surface area contributed by atoms with E-state index in [1.807, 2.05) is 0 Å². The van der Waals surface area contributed by atoms with Crippen LogP contribution in [0, 0.1) is 10.1 Å². The van der Waals surface area contributed by atoms with Crippen LogP contribution in [0.3, 0.4) is 0 Å². The summed E-state index contributed by atoms with van der Waals surface area (Å²) in [5.74, 6) is -0.825. The predicted octanol–water partition coefficient (Wildman–Crippen LogP) is 3.27. The molecule has 2 aromatic carbocycles. The van der Waals surface area contributed by atoms with E-state index in [1.54, 1.807) is 0 Å². The summed E-state index contributed by atoms with van der Waals surface area (Å²) in [5.41, 5.74) is -1.33. The molecule has 0 aliphatic carbocycles. The Bertz CT molecular complexity index is 825. The van der Waals surface area contributed by atoms with Crippen LogP contribution in [0.15, 0.2) is 42.5 Å². The van der Waals surface area contributed by atoms with E-state index in [9.17, 15) is 28.1 Å². The number of halogens is 3. The molecular formula is C16H14F3N3O4. The van der Waals surface area contributed by atoms with Crippen molar-refractivity contribution in [3.8, 4) is 0 Å². The summed E-state index contributed by atoms with van der Waals surface area (Å²) in [6.45, 7) is -0.159. The fourth-order valence-corrected chi connectivity index (χ4v) is 2.15. The number of aliphatic hydroxyl groups excluding tert-OH is 1. The molecule has 0 aromatic heterocycles. The summed E-state index contributed by atoms with van der Waals surface area (Å²) in [4.78, 5) is 22.6. The molecule has 0 heterocycles. The Hall–Kier alpha value is -3.14. The van der Waals surface area contributed by atoms with E-state index >= 15 is 0 Å². The first-order chi connectivity index (χ1) is 12.2. The Morgan fingerprint density at radius 3 is 2.54 bits per heavy atom. The van der Waals surface area contributed by atoms with E-state index in [0.29, 0.717) is 0 Å². The van der Waals surface area contributed by atoms with Gasteiger partial charge in [0.25, 0.3) is 11.6 Å². The quantitative estimate of drug-likeness (QED) is 0.535. The fraction of sp³-hybridized carbons (Fsp3) is 0.188. The number of carbonyl (C=O) groups excluding carboxylic acids is 1. The number of hydrogen-bond donors (Lipinski definition) is 3. The van der Waals surface area contributed by atoms with E-state index < -0.39 is 22.6 Å². The third-order valence-electron chi connectivity index (χ3n) is 3.33. The summed E-state index contributed by atoms with van der Waals surface area (Å²) in [7, 11) is 0. The number of hydrogen-bond acceptors (Lipinski definition) is 5. The van der Waals surface area contributed by atoms with Gasteiger partial charge in [-0.2, -0.15) is 13.2 Å². The van der Waals surface area contributed by atoms with Gasteiger partial charge in [-0.25, -0.2) is 0 Å². The average Bonchev–Trinajstić information content (AvgIpc) is 2.59. The number of alkyl halides is 3. The van der Waals surface area contributed by atoms with Crippen LogP contribution in [-0.4, -0.2) is 29.1 Å². The monoisotopic (exact) mass is 369 g/mol. The summed E-state index contributed by atoms with van der Waals surface area (Å²) < 4.78 is 38.3. The summed E-state index contributed by atoms with van der Waals surface area (Å²) >= 11 is 0. The fourth-order valence-electron chi connectivity index (χ4n) is 2.15. The average molecular weight is 369 g/mol. The molecule has 1 amide bonds. The van der Waals surface area contributed by atoms with Crippen molar-refractivity contribution in [2.75, 3.05) is 23.8 Å². The van der Waals surface area contributed by atoms with Gasteiger partial charge in [-0.05, 0) is 24.3 Å². The minimum atomic E-state index is -4.57. The van der Waals surface area contributed by atoms with Crippen LogP contribution < -0.4 is 10.6 Å². The molecule has 138 valence electrons. The maximum absolute atomic E-state index is 12.8. The van der Waals surface area contributed by atoms with Gasteiger partial charge >= 0.3 is 6.18 Å². The number of nitrogens with one attached hydrogen (secondary N) is 2. The topological polar surface area (TPSA) is 104 Å². The molecule has 0 radical (unpaired) electrons. The number of non-ortho nitro benzene ring substituents is 1. The van der Waals surface area contributed by atoms with Crippen molar-refractivity contribution in [1.29, 1.82) is 0 Å². The lowest BCUT2D eigenvalue weighted by atomic mass is 10.1. The van der Waals surface area contributed by atoms with Crippen molar-refractivity contribution in [2.24, 2.45) is 0 Å². The van der Waals surface area contributed by atoms with Crippen molar-refractivity contribution < 1.29 is 28.0 Å². The number of rotatable bonds is 6. The van der Waals surface area contributed by atoms with E-state index in [0.717, 1.165) is 24.3 Å². The highest BCUT2D eigenvalue weighted by atomic mass is 19.4. The summed E-state index contributed by atoms with van der Waals surface area (Å²) in [6, 6.07) is 7.48. The first-order valence-electron chi connectivity index (χ1n) is 7.34. The molecule has 0 atom stereocenters. The highest BCUT2D eigenvalue weighted by Gasteiger charge is 2.30. The SMILES string of the molecule is O=C(Nc1cccc(C(F)(F)F)c1)c1cc([N+](=O)[O-])ccc1NCCO. The minimum absolute atomic E-state index is 0.0850. The molecule has 26 heavy (non-hydrogen) atoms. The Labute approximate surface area is 145 Å². The molecule has 2 rings (SSSR count). The summed E-state index contributed by atoms with van der Waals surface area (Å²) in [5, 5.41) is 24.8. The number of anilines is 2. The second-order valence-corrected chi connectivity index (χ2v) is 5.17. The van der Waals surface area contributed by atoms with Crippen LogP contribution >= 0.6 is 0 Å². The van der Waals surface area contributed by atoms with Crippen LogP contribution in [-0.2, 0) is 6.18 Å². The third kappa shape index (κ3) is 4.70. The van der Waals surface area contributed by atoms with Gasteiger partial charge in [0.15, 0.2) is 0 Å². The number of nitro benzene ring substituents is 1. The van der Waals surface area contributed by atoms with Crippen LogP contribution in [0.5, 0.6) is 0 Å². The van der Waals surface area contributed by atoms with E-state index in [-0.39, 0.29) is 35.8 Å². The molecule has 0 aliphatic heterocycles. The van der Waals surface area contributed by atoms with Crippen LogP contribution in [0.4, 0.5) is 30.2 Å². The lowest BCUT2D eigenvalue weighted by molar-refractivity contribution is -0.384. The number of carbonyl (C=O) groups is 1. The maximum Gasteiger partial charge on any atom is 0.416 e. The molecule has 0 fully saturated rings. The number of amides is 1. The zero-order valence-corrected chi connectivity index (χ0v) is 13.2. The predicted molar refractivity (Wildman–Crippen MR) is 88.1 cm³/mol. The van der Waals surface area contributed by atoms with Crippen molar-refractivity contribution in [2.45, 2.75) is 6.18 Å². The lowest BCUT2D eigenvalue weighted by Gasteiger charge is -2.13. The van der Waals surface area contributed by atoms with Crippen molar-refractivity contribution >= 4 is 23.0 Å². The highest BCUT2D eigenvalue weighted by Crippen LogP contribution is 2.31. The third-order valence-corrected chi connectivity index (χ3v) is 3.33. The lowest BCUT2D eigenvalue weighted by Crippen LogP contribution is -2.17. The molecule has 2 aromatic rings. The van der Waals surface area contributed by atoms with Gasteiger partial charge in [0.2, 0.25) is 0 Å². The van der Waals surface area contributed by atoms with E-state index in [4.69, 9.17) is 5.11 Å². The molecule has 0 spiro atoms. The summed E-state index contributed by atoms with van der Waals surface area (Å²) in [6.07, 6.45) is -4.57. The van der Waals surface area contributed by atoms with E-state index in [2.05, 4.69) is 10.6 Å². The van der Waals surface area contributed by atoms with Gasteiger partial charge < -0.3 is 15.7 Å². The largest absolute Gasteiger partial charge is 0.416 e. The van der Waals surface area contributed by atoms with Gasteiger partial charge in [-0.3, -0.25) is 14.9 Å². The van der Waals surface area contributed by atoms with Crippen LogP contribution in [0.1, 0.15) is 15.9 Å². The normalized spacial score (nSPS) is 11.1. The molecule has 7 nitrogen and oxygen atoms in total. The number of nitrogens with zero attached hydrogens (tertiary/aromatic N) is 1. The van der Waals surface area contributed by atoms with Gasteiger partial charge in [-0.15, -0.1) is 0 Å². The Balaban J connectivity index is 2.33. The second kappa shape index (κ2) is 7.83. The molecule has 0 saturated carbocycles. The number of benzene rings is 2. The van der Waals surface area contributed by atoms with Gasteiger partial charge in [0.1, 0.15) is 0 Å². The van der Waals surface area contributed by atoms with Gasteiger partial charge in [0.05, 0.1) is 22.7 Å². The molecule has 0 saturated heterocycles. The standard InChI is InChI=1S/C16H14F3N3O4/c17-16(18,19)10-2-1-3-11(8-10)21-15(24)13-9-12(22(25)26)4-5-14(13)20-6-7-23/h1-5,8-9,20,23H,6-7H2,(H,21,24). The zero-order valence-electron chi connectivity index (χ0n) is 13.2. The molecule has 0 aliphatic rings. The Morgan fingerprint density at radius 2 is 1.92 bits per heavy atom. The van der Waals surface area contributed by atoms with Crippen molar-refractivity contribution in [3.63, 3.8) is 0 Å². The molecule has 10 heteroatoms. The molecule has 0 unspecified atom stereocenters. The van der Waals surface area contributed by atoms with Gasteiger partial charge in [0, 0.05) is 30.1 Å². The number of nitro groups is 1. The first kappa shape index (κ1) is 19.2. The first-order valence-corrected chi connectivity index (χ1v) is 7.34. The van der Waals surface area contributed by atoms with E-state index in [1.165, 1.54) is 18.2 Å².